The Labute approximate surface area is 163 Å². The number of phenolic OH excluding ortho intramolecular Hbond substituents is 1. The third kappa shape index (κ3) is 3.93. The van der Waals surface area contributed by atoms with Gasteiger partial charge in [0.05, 0.1) is 6.21 Å². The zero-order valence-electron chi connectivity index (χ0n) is 15.7. The van der Waals surface area contributed by atoms with Gasteiger partial charge in [-0.25, -0.2) is 5.10 Å². The van der Waals surface area contributed by atoms with E-state index in [2.05, 4.69) is 34.0 Å². The summed E-state index contributed by atoms with van der Waals surface area (Å²) in [6, 6.07) is 13.5. The number of nitrogens with one attached hydrogen (secondary N) is 1. The van der Waals surface area contributed by atoms with Crippen LogP contribution in [0, 0.1) is 11.7 Å². The van der Waals surface area contributed by atoms with Crippen LogP contribution in [-0.2, 0) is 0 Å². The minimum atomic E-state index is 0.176. The molecule has 2 N–H and O–H groups in total. The molecule has 1 heterocycles. The molecule has 0 aliphatic rings. The van der Waals surface area contributed by atoms with Gasteiger partial charge in [0.1, 0.15) is 5.75 Å². The molecule has 0 amide bonds. The summed E-state index contributed by atoms with van der Waals surface area (Å²) in [6.07, 6.45) is 1.59. The van der Waals surface area contributed by atoms with Gasteiger partial charge in [0.15, 0.2) is 5.82 Å². The third-order valence-electron chi connectivity index (χ3n) is 4.49. The number of aromatic hydroxyl groups is 1. The van der Waals surface area contributed by atoms with Crippen LogP contribution in [-0.4, -0.2) is 39.3 Å². The van der Waals surface area contributed by atoms with Gasteiger partial charge in [0.25, 0.3) is 0 Å². The molecule has 7 heteroatoms. The zero-order valence-corrected chi connectivity index (χ0v) is 16.5. The first-order valence-corrected chi connectivity index (χ1v) is 9.31. The van der Waals surface area contributed by atoms with E-state index >= 15 is 0 Å². The summed E-state index contributed by atoms with van der Waals surface area (Å²) < 4.78 is 1.96. The molecule has 140 valence electrons. The SMILES string of the molecule is CCN(CC)c1ccc(C=Nn2c(-c3ccccc3C)n[nH]c2=S)c(O)c1. The van der Waals surface area contributed by atoms with Crippen LogP contribution in [0.15, 0.2) is 47.6 Å². The van der Waals surface area contributed by atoms with Gasteiger partial charge in [-0.2, -0.15) is 14.9 Å². The van der Waals surface area contributed by atoms with E-state index in [0.29, 0.717) is 16.2 Å². The van der Waals surface area contributed by atoms with E-state index in [1.54, 1.807) is 17.0 Å². The summed E-state index contributed by atoms with van der Waals surface area (Å²) in [5, 5.41) is 21.9. The summed E-state index contributed by atoms with van der Waals surface area (Å²) in [6.45, 7) is 7.95. The van der Waals surface area contributed by atoms with E-state index < -0.39 is 0 Å². The topological polar surface area (TPSA) is 69.4 Å². The molecule has 0 atom stereocenters. The van der Waals surface area contributed by atoms with Crippen molar-refractivity contribution < 1.29 is 5.11 Å². The number of benzene rings is 2. The van der Waals surface area contributed by atoms with Crippen molar-refractivity contribution >= 4 is 24.1 Å². The monoisotopic (exact) mass is 381 g/mol. The summed E-state index contributed by atoms with van der Waals surface area (Å²) >= 11 is 5.31. The molecule has 3 rings (SSSR count). The molecule has 0 aliphatic carbocycles. The molecule has 27 heavy (non-hydrogen) atoms. The maximum Gasteiger partial charge on any atom is 0.216 e. The van der Waals surface area contributed by atoms with E-state index in [1.807, 2.05) is 43.3 Å². The molecule has 0 fully saturated rings. The highest BCUT2D eigenvalue weighted by Gasteiger charge is 2.11. The van der Waals surface area contributed by atoms with Gasteiger partial charge in [-0.1, -0.05) is 24.3 Å². The van der Waals surface area contributed by atoms with Gasteiger partial charge < -0.3 is 10.0 Å². The Morgan fingerprint density at radius 3 is 2.63 bits per heavy atom. The van der Waals surface area contributed by atoms with Crippen LogP contribution in [0.25, 0.3) is 11.4 Å². The lowest BCUT2D eigenvalue weighted by Gasteiger charge is -2.21. The van der Waals surface area contributed by atoms with Crippen molar-refractivity contribution in [3.8, 4) is 17.1 Å². The Bertz CT molecular complexity index is 1020. The van der Waals surface area contributed by atoms with E-state index in [-0.39, 0.29) is 5.75 Å². The number of anilines is 1. The first kappa shape index (κ1) is 18.8. The second-order valence-corrected chi connectivity index (χ2v) is 6.53. The molecule has 0 bridgehead atoms. The molecule has 2 aromatic carbocycles. The van der Waals surface area contributed by atoms with Crippen LogP contribution in [0.1, 0.15) is 25.0 Å². The van der Waals surface area contributed by atoms with Crippen LogP contribution < -0.4 is 4.90 Å². The maximum atomic E-state index is 10.4. The first-order valence-electron chi connectivity index (χ1n) is 8.90. The molecule has 0 saturated heterocycles. The van der Waals surface area contributed by atoms with Gasteiger partial charge in [0.2, 0.25) is 4.77 Å². The van der Waals surface area contributed by atoms with Crippen molar-refractivity contribution in [2.45, 2.75) is 20.8 Å². The predicted molar refractivity (Wildman–Crippen MR) is 112 cm³/mol. The standard InChI is InChI=1S/C20H23N5OS/c1-4-24(5-2)16-11-10-15(18(26)12-16)13-21-25-19(22-23-20(25)27)17-9-7-6-8-14(17)3/h6-13,26H,4-5H2,1-3H3,(H,23,27). The Balaban J connectivity index is 1.95. The van der Waals surface area contributed by atoms with Crippen molar-refractivity contribution in [2.75, 3.05) is 18.0 Å². The number of hydrogen-bond donors (Lipinski definition) is 2. The van der Waals surface area contributed by atoms with E-state index in [1.165, 1.54) is 0 Å². The predicted octanol–water partition coefficient (Wildman–Crippen LogP) is 4.35. The molecule has 0 aliphatic heterocycles. The van der Waals surface area contributed by atoms with E-state index in [4.69, 9.17) is 12.2 Å². The van der Waals surface area contributed by atoms with Crippen LogP contribution in [0.3, 0.4) is 0 Å². The van der Waals surface area contributed by atoms with Gasteiger partial charge in [-0.15, -0.1) is 0 Å². The van der Waals surface area contributed by atoms with Crippen LogP contribution in [0.2, 0.25) is 0 Å². The van der Waals surface area contributed by atoms with Gasteiger partial charge in [-0.05, 0) is 50.7 Å². The highest BCUT2D eigenvalue weighted by atomic mass is 32.1. The quantitative estimate of drug-likeness (QED) is 0.492. The number of aromatic nitrogens is 3. The largest absolute Gasteiger partial charge is 0.507 e. The molecule has 3 aromatic rings. The molecular formula is C20H23N5OS. The summed E-state index contributed by atoms with van der Waals surface area (Å²) in [7, 11) is 0. The number of hydrogen-bond acceptors (Lipinski definition) is 5. The molecule has 0 saturated carbocycles. The summed E-state index contributed by atoms with van der Waals surface area (Å²) in [5.41, 5.74) is 3.62. The smallest absolute Gasteiger partial charge is 0.216 e. The zero-order chi connectivity index (χ0) is 19.4. The molecule has 0 unspecified atom stereocenters. The van der Waals surface area contributed by atoms with Crippen molar-refractivity contribution in [3.63, 3.8) is 0 Å². The van der Waals surface area contributed by atoms with Crippen LogP contribution in [0.4, 0.5) is 5.69 Å². The second kappa shape index (κ2) is 8.18. The second-order valence-electron chi connectivity index (χ2n) is 6.14. The molecule has 0 radical (unpaired) electrons. The van der Waals surface area contributed by atoms with Gasteiger partial charge in [0, 0.05) is 36.0 Å². The fraction of sp³-hybridized carbons (Fsp3) is 0.250. The van der Waals surface area contributed by atoms with Crippen molar-refractivity contribution in [2.24, 2.45) is 5.10 Å². The fourth-order valence-electron chi connectivity index (χ4n) is 2.94. The summed E-state index contributed by atoms with van der Waals surface area (Å²) in [5.74, 6) is 0.809. The lowest BCUT2D eigenvalue weighted by Crippen LogP contribution is -2.21. The van der Waals surface area contributed by atoms with E-state index in [0.717, 1.165) is 29.9 Å². The average molecular weight is 382 g/mol. The van der Waals surface area contributed by atoms with E-state index in [9.17, 15) is 5.11 Å². The number of H-pyrrole nitrogens is 1. The van der Waals surface area contributed by atoms with Crippen LogP contribution >= 0.6 is 12.2 Å². The maximum absolute atomic E-state index is 10.4. The number of aromatic amines is 1. The van der Waals surface area contributed by atoms with Gasteiger partial charge in [-0.3, -0.25) is 0 Å². The Hall–Kier alpha value is -2.93. The van der Waals surface area contributed by atoms with Crippen molar-refractivity contribution in [3.05, 3.63) is 58.4 Å². The minimum absolute atomic E-state index is 0.176. The highest BCUT2D eigenvalue weighted by Crippen LogP contribution is 2.24. The lowest BCUT2D eigenvalue weighted by molar-refractivity contribution is 0.474. The van der Waals surface area contributed by atoms with Crippen LogP contribution in [0.5, 0.6) is 5.75 Å². The lowest BCUT2D eigenvalue weighted by atomic mass is 10.1. The molecule has 1 aromatic heterocycles. The molecule has 0 spiro atoms. The number of aryl methyl sites for hydroxylation is 1. The minimum Gasteiger partial charge on any atom is -0.507 e. The molecule has 6 nitrogen and oxygen atoms in total. The fourth-order valence-corrected chi connectivity index (χ4v) is 3.12. The van der Waals surface area contributed by atoms with Crippen molar-refractivity contribution in [1.29, 1.82) is 0 Å². The molecular weight excluding hydrogens is 358 g/mol. The Kier molecular flexibility index (Phi) is 5.71. The Morgan fingerprint density at radius 1 is 1.22 bits per heavy atom. The number of phenols is 1. The third-order valence-corrected chi connectivity index (χ3v) is 4.76. The van der Waals surface area contributed by atoms with Gasteiger partial charge >= 0.3 is 0 Å². The first-order chi connectivity index (χ1) is 13.0. The van der Waals surface area contributed by atoms with Crippen molar-refractivity contribution in [1.82, 2.24) is 14.9 Å². The normalized spacial score (nSPS) is 11.2. The number of rotatable bonds is 6. The summed E-state index contributed by atoms with van der Waals surface area (Å²) in [4.78, 5) is 2.17. The average Bonchev–Trinajstić information content (AvgIpc) is 3.03. The highest BCUT2D eigenvalue weighted by molar-refractivity contribution is 7.71. The Morgan fingerprint density at radius 2 is 1.96 bits per heavy atom. The number of nitrogens with zero attached hydrogens (tertiary/aromatic N) is 4.